The third kappa shape index (κ3) is 4.75. The first-order valence-electron chi connectivity index (χ1n) is 7.88. The highest BCUT2D eigenvalue weighted by molar-refractivity contribution is 8.68. The van der Waals surface area contributed by atoms with Crippen molar-refractivity contribution in [3.8, 4) is 0 Å². The Kier molecular flexibility index (Phi) is 7.01. The number of rotatable bonds is 8. The molecule has 0 unspecified atom stereocenters. The van der Waals surface area contributed by atoms with E-state index in [1.54, 1.807) is 7.11 Å². The topological polar surface area (TPSA) is 33.3 Å². The molecule has 2 rings (SSSR count). The number of benzene rings is 1. The summed E-state index contributed by atoms with van der Waals surface area (Å²) in [5.41, 5.74) is 2.35. The van der Waals surface area contributed by atoms with Gasteiger partial charge in [-0.05, 0) is 56.4 Å². The van der Waals surface area contributed by atoms with Gasteiger partial charge in [0, 0.05) is 17.0 Å². The molecule has 0 heterocycles. The minimum atomic E-state index is 0.0498. The van der Waals surface area contributed by atoms with Crippen molar-refractivity contribution in [1.29, 1.82) is 0 Å². The molecule has 3 nitrogen and oxygen atoms in total. The molecule has 1 aliphatic carbocycles. The zero-order chi connectivity index (χ0) is 16.9. The lowest BCUT2D eigenvalue weighted by Crippen LogP contribution is -2.55. The van der Waals surface area contributed by atoms with Crippen molar-refractivity contribution in [2.24, 2.45) is 0 Å². The maximum atomic E-state index is 6.08. The summed E-state index contributed by atoms with van der Waals surface area (Å²) < 4.78 is 5.43. The van der Waals surface area contributed by atoms with Gasteiger partial charge in [0.05, 0.1) is 17.8 Å². The molecule has 0 bridgehead atoms. The van der Waals surface area contributed by atoms with Crippen molar-refractivity contribution < 1.29 is 4.74 Å². The second-order valence-electron chi connectivity index (χ2n) is 6.06. The molecule has 0 aromatic heterocycles. The number of nitrogens with one attached hydrogen (secondary N) is 2. The standard InChI is InChI=1S/C17H25ClN2OS2/c1-4-12(2)16(20-17(11-21-3)8-5-9-17)19-14-7-6-13(18)10-15(14)23-22/h6-7,10,19-20,22H,4-5,8-9,11H2,1-3H3/b16-12-. The molecular formula is C17H25ClN2OS2. The Morgan fingerprint density at radius 2 is 2.17 bits per heavy atom. The van der Waals surface area contributed by atoms with E-state index < -0.39 is 0 Å². The van der Waals surface area contributed by atoms with Crippen molar-refractivity contribution in [3.05, 3.63) is 34.6 Å². The molecule has 23 heavy (non-hydrogen) atoms. The predicted molar refractivity (Wildman–Crippen MR) is 105 cm³/mol. The average Bonchev–Trinajstić information content (AvgIpc) is 2.52. The fraction of sp³-hybridized carbons (Fsp3) is 0.529. The van der Waals surface area contributed by atoms with Gasteiger partial charge in [0.1, 0.15) is 5.82 Å². The van der Waals surface area contributed by atoms with Gasteiger partial charge in [0.2, 0.25) is 0 Å². The zero-order valence-electron chi connectivity index (χ0n) is 13.9. The molecule has 1 aliphatic rings. The van der Waals surface area contributed by atoms with Gasteiger partial charge in [-0.25, -0.2) is 0 Å². The van der Waals surface area contributed by atoms with Crippen LogP contribution in [0, 0.1) is 0 Å². The monoisotopic (exact) mass is 372 g/mol. The molecular weight excluding hydrogens is 348 g/mol. The van der Waals surface area contributed by atoms with Crippen LogP contribution in [0.15, 0.2) is 34.5 Å². The van der Waals surface area contributed by atoms with Gasteiger partial charge >= 0.3 is 0 Å². The van der Waals surface area contributed by atoms with Crippen LogP contribution in [0.4, 0.5) is 5.69 Å². The molecule has 1 aromatic carbocycles. The molecule has 0 radical (unpaired) electrons. The number of halogens is 1. The lowest BCUT2D eigenvalue weighted by atomic mass is 9.77. The summed E-state index contributed by atoms with van der Waals surface area (Å²) in [5.74, 6) is 1.07. The number of hydrogen-bond donors (Lipinski definition) is 3. The Balaban J connectivity index is 2.24. The number of hydrogen-bond acceptors (Lipinski definition) is 5. The van der Waals surface area contributed by atoms with Crippen LogP contribution >= 0.6 is 34.1 Å². The van der Waals surface area contributed by atoms with Crippen molar-refractivity contribution in [2.45, 2.75) is 50.0 Å². The molecule has 0 amide bonds. The summed E-state index contributed by atoms with van der Waals surface area (Å²) in [6, 6.07) is 5.81. The van der Waals surface area contributed by atoms with E-state index in [1.165, 1.54) is 22.8 Å². The van der Waals surface area contributed by atoms with E-state index in [4.69, 9.17) is 16.3 Å². The molecule has 0 saturated heterocycles. The third-order valence-electron chi connectivity index (χ3n) is 4.38. The molecule has 1 aromatic rings. The van der Waals surface area contributed by atoms with E-state index in [0.717, 1.165) is 42.3 Å². The number of methoxy groups -OCH3 is 1. The average molecular weight is 373 g/mol. The number of allylic oxidation sites excluding steroid dienone is 1. The summed E-state index contributed by atoms with van der Waals surface area (Å²) in [4.78, 5) is 1.01. The van der Waals surface area contributed by atoms with Gasteiger partial charge in [0.15, 0.2) is 0 Å². The third-order valence-corrected chi connectivity index (χ3v) is 5.74. The first kappa shape index (κ1) is 18.8. The summed E-state index contributed by atoms with van der Waals surface area (Å²) >= 11 is 10.4. The predicted octanol–water partition coefficient (Wildman–Crippen LogP) is 5.49. The first-order chi connectivity index (χ1) is 11.0. The zero-order valence-corrected chi connectivity index (χ0v) is 16.4. The normalized spacial score (nSPS) is 17.3. The van der Waals surface area contributed by atoms with Crippen LogP contribution in [0.25, 0.3) is 0 Å². The molecule has 6 heteroatoms. The van der Waals surface area contributed by atoms with Gasteiger partial charge in [-0.3, -0.25) is 0 Å². The van der Waals surface area contributed by atoms with Gasteiger partial charge in [-0.2, -0.15) is 0 Å². The fourth-order valence-corrected chi connectivity index (χ4v) is 3.77. The van der Waals surface area contributed by atoms with Crippen LogP contribution in [-0.4, -0.2) is 19.3 Å². The molecule has 0 spiro atoms. The van der Waals surface area contributed by atoms with Crippen LogP contribution in [0.2, 0.25) is 5.02 Å². The Bertz CT molecular complexity index is 574. The van der Waals surface area contributed by atoms with Gasteiger partial charge in [0.25, 0.3) is 0 Å². The van der Waals surface area contributed by atoms with Crippen LogP contribution in [0.3, 0.4) is 0 Å². The highest BCUT2D eigenvalue weighted by Crippen LogP contribution is 2.36. The minimum absolute atomic E-state index is 0.0498. The van der Waals surface area contributed by atoms with Crippen LogP contribution in [0.5, 0.6) is 0 Å². The van der Waals surface area contributed by atoms with Crippen molar-refractivity contribution in [1.82, 2.24) is 5.32 Å². The van der Waals surface area contributed by atoms with E-state index in [-0.39, 0.29) is 5.54 Å². The Labute approximate surface area is 153 Å². The maximum absolute atomic E-state index is 6.08. The number of anilines is 1. The summed E-state index contributed by atoms with van der Waals surface area (Å²) in [7, 11) is 3.16. The fourth-order valence-electron chi connectivity index (χ4n) is 2.68. The molecule has 128 valence electrons. The van der Waals surface area contributed by atoms with Gasteiger partial charge in [-0.1, -0.05) is 29.3 Å². The highest BCUT2D eigenvalue weighted by atomic mass is 35.5. The summed E-state index contributed by atoms with van der Waals surface area (Å²) in [6.45, 7) is 5.04. The second kappa shape index (κ2) is 8.56. The maximum Gasteiger partial charge on any atom is 0.102 e. The van der Waals surface area contributed by atoms with Crippen LogP contribution < -0.4 is 10.6 Å². The van der Waals surface area contributed by atoms with E-state index in [9.17, 15) is 0 Å². The SMILES string of the molecule is CC/C(C)=C(/Nc1ccc(Cl)cc1SS)NC1(COC)CCC1. The molecule has 1 saturated carbocycles. The lowest BCUT2D eigenvalue weighted by molar-refractivity contribution is 0.0637. The molecule has 0 aliphatic heterocycles. The lowest BCUT2D eigenvalue weighted by Gasteiger charge is -2.44. The van der Waals surface area contributed by atoms with Crippen LogP contribution in [-0.2, 0) is 4.74 Å². The highest BCUT2D eigenvalue weighted by Gasteiger charge is 2.37. The molecule has 0 atom stereocenters. The first-order valence-corrected chi connectivity index (χ1v) is 10.1. The second-order valence-corrected chi connectivity index (χ2v) is 7.66. The van der Waals surface area contributed by atoms with E-state index in [0.29, 0.717) is 5.02 Å². The van der Waals surface area contributed by atoms with Crippen molar-refractivity contribution in [2.75, 3.05) is 19.0 Å². The largest absolute Gasteiger partial charge is 0.382 e. The number of thiol groups is 1. The van der Waals surface area contributed by atoms with Crippen molar-refractivity contribution >= 4 is 39.7 Å². The van der Waals surface area contributed by atoms with E-state index >= 15 is 0 Å². The van der Waals surface area contributed by atoms with Crippen molar-refractivity contribution in [3.63, 3.8) is 0 Å². The Morgan fingerprint density at radius 3 is 2.70 bits per heavy atom. The molecule has 2 N–H and O–H groups in total. The summed E-state index contributed by atoms with van der Waals surface area (Å²) in [6.07, 6.45) is 4.50. The molecule has 1 fully saturated rings. The minimum Gasteiger partial charge on any atom is -0.382 e. The Hall–Kier alpha value is -0.490. The van der Waals surface area contributed by atoms with Crippen LogP contribution in [0.1, 0.15) is 39.5 Å². The van der Waals surface area contributed by atoms with Gasteiger partial charge in [-0.15, -0.1) is 11.7 Å². The quantitative estimate of drug-likeness (QED) is 0.416. The van der Waals surface area contributed by atoms with E-state index in [2.05, 4.69) is 36.1 Å². The summed E-state index contributed by atoms with van der Waals surface area (Å²) in [5, 5.41) is 7.97. The Morgan fingerprint density at radius 1 is 1.43 bits per heavy atom. The smallest absolute Gasteiger partial charge is 0.102 e. The van der Waals surface area contributed by atoms with E-state index in [1.807, 2.05) is 18.2 Å². The number of ether oxygens (including phenoxy) is 1. The van der Waals surface area contributed by atoms with Gasteiger partial charge < -0.3 is 15.4 Å².